The Morgan fingerprint density at radius 2 is 2.00 bits per heavy atom. The molecule has 1 heterocycles. The number of nitriles is 1. The highest BCUT2D eigenvalue weighted by Gasteiger charge is 2.35. The van der Waals surface area contributed by atoms with Crippen LogP contribution in [0.1, 0.15) is 37.5 Å². The van der Waals surface area contributed by atoms with Crippen molar-refractivity contribution >= 4 is 40.6 Å². The third-order valence-electron chi connectivity index (χ3n) is 4.32. The van der Waals surface area contributed by atoms with Crippen molar-refractivity contribution in [3.63, 3.8) is 0 Å². The molecule has 2 amide bonds. The molecule has 1 aliphatic rings. The summed E-state index contributed by atoms with van der Waals surface area (Å²) in [5.74, 6) is 0.494. The molecule has 31 heavy (non-hydrogen) atoms. The monoisotopic (exact) mass is 456 g/mol. The predicted octanol–water partition coefficient (Wildman–Crippen LogP) is 5.63. The van der Waals surface area contributed by atoms with Gasteiger partial charge in [0.05, 0.1) is 40.8 Å². The summed E-state index contributed by atoms with van der Waals surface area (Å²) in [6.07, 6.45) is 1.52. The normalized spacial score (nSPS) is 15.0. The van der Waals surface area contributed by atoms with E-state index in [-0.39, 0.29) is 22.8 Å². The molecule has 3 rings (SSSR count). The molecule has 0 bridgehead atoms. The number of carbonyl (C=O) groups excluding carboxylic acids is 2. The Labute approximate surface area is 190 Å². The summed E-state index contributed by atoms with van der Waals surface area (Å²) in [7, 11) is 0. The molecule has 6 nitrogen and oxygen atoms in total. The van der Waals surface area contributed by atoms with Crippen molar-refractivity contribution in [2.24, 2.45) is 0 Å². The van der Waals surface area contributed by atoms with Crippen LogP contribution in [0.4, 0.5) is 4.79 Å². The third kappa shape index (κ3) is 5.22. The third-order valence-corrected chi connectivity index (χ3v) is 5.51. The van der Waals surface area contributed by atoms with E-state index in [1.807, 2.05) is 20.8 Å². The first-order chi connectivity index (χ1) is 14.8. The molecule has 2 aromatic carbocycles. The van der Waals surface area contributed by atoms with Crippen molar-refractivity contribution in [1.82, 2.24) is 4.90 Å². The number of benzene rings is 2. The van der Waals surface area contributed by atoms with Gasteiger partial charge in [0.2, 0.25) is 0 Å². The van der Waals surface area contributed by atoms with E-state index < -0.39 is 5.91 Å². The second-order valence-corrected chi connectivity index (χ2v) is 8.37. The van der Waals surface area contributed by atoms with Gasteiger partial charge in [-0.3, -0.25) is 14.5 Å². The van der Waals surface area contributed by atoms with Crippen LogP contribution < -0.4 is 9.47 Å². The molecule has 1 aliphatic heterocycles. The SMILES string of the molecule is CCOc1cc(/C=C2/SC(=O)N(Cc3ccccc3C#N)C2=O)cc(Cl)c1OC(C)C. The van der Waals surface area contributed by atoms with Gasteiger partial charge < -0.3 is 9.47 Å². The molecule has 0 radical (unpaired) electrons. The number of imide groups is 1. The number of amides is 2. The van der Waals surface area contributed by atoms with Crippen LogP contribution in [0.25, 0.3) is 6.08 Å². The molecular weight excluding hydrogens is 436 g/mol. The highest BCUT2D eigenvalue weighted by Crippen LogP contribution is 2.40. The maximum absolute atomic E-state index is 12.9. The summed E-state index contributed by atoms with van der Waals surface area (Å²) in [6, 6.07) is 12.4. The Hall–Kier alpha value is -2.95. The quantitative estimate of drug-likeness (QED) is 0.502. The smallest absolute Gasteiger partial charge is 0.293 e. The van der Waals surface area contributed by atoms with Gasteiger partial charge in [-0.25, -0.2) is 0 Å². The summed E-state index contributed by atoms with van der Waals surface area (Å²) < 4.78 is 11.4. The Bertz CT molecular complexity index is 1090. The largest absolute Gasteiger partial charge is 0.490 e. The lowest BCUT2D eigenvalue weighted by atomic mass is 10.1. The van der Waals surface area contributed by atoms with E-state index in [1.54, 1.807) is 42.5 Å². The lowest BCUT2D eigenvalue weighted by Crippen LogP contribution is -2.27. The molecule has 0 spiro atoms. The number of hydrogen-bond acceptors (Lipinski definition) is 6. The van der Waals surface area contributed by atoms with Gasteiger partial charge in [0.1, 0.15) is 0 Å². The minimum atomic E-state index is -0.417. The summed E-state index contributed by atoms with van der Waals surface area (Å²) in [4.78, 5) is 26.8. The first kappa shape index (κ1) is 22.7. The van der Waals surface area contributed by atoms with Crippen LogP contribution in [0.2, 0.25) is 5.02 Å². The van der Waals surface area contributed by atoms with Crippen molar-refractivity contribution in [3.05, 3.63) is 63.0 Å². The Balaban J connectivity index is 1.89. The van der Waals surface area contributed by atoms with Gasteiger partial charge in [-0.2, -0.15) is 5.26 Å². The number of ether oxygens (including phenoxy) is 2. The summed E-state index contributed by atoms with van der Waals surface area (Å²) in [5, 5.41) is 9.22. The maximum Gasteiger partial charge on any atom is 0.293 e. The Kier molecular flexibility index (Phi) is 7.26. The zero-order valence-corrected chi connectivity index (χ0v) is 18.9. The molecule has 0 saturated carbocycles. The molecule has 1 saturated heterocycles. The van der Waals surface area contributed by atoms with Crippen LogP contribution in [0.15, 0.2) is 41.3 Å². The van der Waals surface area contributed by atoms with Gasteiger partial charge in [0.25, 0.3) is 11.1 Å². The van der Waals surface area contributed by atoms with E-state index >= 15 is 0 Å². The maximum atomic E-state index is 12.9. The fourth-order valence-corrected chi connectivity index (χ4v) is 4.11. The van der Waals surface area contributed by atoms with E-state index in [1.165, 1.54) is 0 Å². The molecule has 1 fully saturated rings. The molecule has 0 aromatic heterocycles. The van der Waals surface area contributed by atoms with Crippen LogP contribution >= 0.6 is 23.4 Å². The average Bonchev–Trinajstić information content (AvgIpc) is 2.98. The molecule has 160 valence electrons. The molecule has 0 atom stereocenters. The van der Waals surface area contributed by atoms with E-state index in [9.17, 15) is 14.9 Å². The standard InChI is InChI=1S/C23H21ClN2O4S/c1-4-29-19-10-15(9-18(24)21(19)30-14(2)3)11-20-22(27)26(23(28)31-20)13-17-8-6-5-7-16(17)12-25/h5-11,14H,4,13H2,1-3H3/b20-11+. The van der Waals surface area contributed by atoms with Gasteiger partial charge >= 0.3 is 0 Å². The van der Waals surface area contributed by atoms with E-state index in [4.69, 9.17) is 21.1 Å². The lowest BCUT2D eigenvalue weighted by Gasteiger charge is -2.16. The van der Waals surface area contributed by atoms with Crippen LogP contribution in [0.5, 0.6) is 11.5 Å². The highest BCUT2D eigenvalue weighted by atomic mass is 35.5. The summed E-state index contributed by atoms with van der Waals surface area (Å²) >= 11 is 7.25. The summed E-state index contributed by atoms with van der Waals surface area (Å²) in [6.45, 7) is 6.09. The Morgan fingerprint density at radius 1 is 1.26 bits per heavy atom. The summed E-state index contributed by atoms with van der Waals surface area (Å²) in [5.41, 5.74) is 1.66. The zero-order chi connectivity index (χ0) is 22.5. The lowest BCUT2D eigenvalue weighted by molar-refractivity contribution is -0.123. The predicted molar refractivity (Wildman–Crippen MR) is 121 cm³/mol. The van der Waals surface area contributed by atoms with Crippen LogP contribution in [-0.2, 0) is 11.3 Å². The molecule has 2 aromatic rings. The minimum Gasteiger partial charge on any atom is -0.490 e. The zero-order valence-electron chi connectivity index (χ0n) is 17.3. The van der Waals surface area contributed by atoms with Gasteiger partial charge in [-0.1, -0.05) is 29.8 Å². The molecule has 8 heteroatoms. The second-order valence-electron chi connectivity index (χ2n) is 6.97. The van der Waals surface area contributed by atoms with Crippen LogP contribution in [0, 0.1) is 11.3 Å². The van der Waals surface area contributed by atoms with Crippen molar-refractivity contribution in [2.45, 2.75) is 33.4 Å². The number of rotatable bonds is 7. The van der Waals surface area contributed by atoms with E-state index in [0.717, 1.165) is 16.7 Å². The molecule has 0 aliphatic carbocycles. The number of thioether (sulfide) groups is 1. The van der Waals surface area contributed by atoms with Gasteiger partial charge in [-0.15, -0.1) is 0 Å². The Morgan fingerprint density at radius 3 is 2.68 bits per heavy atom. The number of halogens is 1. The topological polar surface area (TPSA) is 79.6 Å². The first-order valence-corrected chi connectivity index (χ1v) is 10.9. The molecule has 0 unspecified atom stereocenters. The number of hydrogen-bond donors (Lipinski definition) is 0. The highest BCUT2D eigenvalue weighted by molar-refractivity contribution is 8.18. The van der Waals surface area contributed by atoms with Crippen molar-refractivity contribution < 1.29 is 19.1 Å². The van der Waals surface area contributed by atoms with Crippen molar-refractivity contribution in [3.8, 4) is 17.6 Å². The van der Waals surface area contributed by atoms with Gasteiger partial charge in [-0.05, 0) is 67.9 Å². The minimum absolute atomic E-state index is 0.0395. The average molecular weight is 457 g/mol. The first-order valence-electron chi connectivity index (χ1n) is 9.70. The van der Waals surface area contributed by atoms with E-state index in [0.29, 0.717) is 39.8 Å². The number of carbonyl (C=O) groups is 2. The van der Waals surface area contributed by atoms with E-state index in [2.05, 4.69) is 6.07 Å². The number of nitrogens with zero attached hydrogens (tertiary/aromatic N) is 2. The molecule has 0 N–H and O–H groups in total. The van der Waals surface area contributed by atoms with Gasteiger partial charge in [0, 0.05) is 0 Å². The van der Waals surface area contributed by atoms with Crippen LogP contribution in [0.3, 0.4) is 0 Å². The molecular formula is C23H21ClN2O4S. The van der Waals surface area contributed by atoms with Crippen molar-refractivity contribution in [2.75, 3.05) is 6.61 Å². The van der Waals surface area contributed by atoms with Crippen LogP contribution in [-0.4, -0.2) is 28.8 Å². The van der Waals surface area contributed by atoms with Gasteiger partial charge in [0.15, 0.2) is 11.5 Å². The second kappa shape index (κ2) is 9.90. The fraction of sp³-hybridized carbons (Fsp3) is 0.261. The van der Waals surface area contributed by atoms with Crippen molar-refractivity contribution in [1.29, 1.82) is 5.26 Å². The fourth-order valence-electron chi connectivity index (χ4n) is 3.01.